The molecule has 1 aromatic carbocycles. The molecule has 14 heavy (non-hydrogen) atoms. The van der Waals surface area contributed by atoms with E-state index >= 15 is 0 Å². The van der Waals surface area contributed by atoms with E-state index in [1.165, 1.54) is 6.08 Å². The average Bonchev–Trinajstić information content (AvgIpc) is 2.19. The van der Waals surface area contributed by atoms with Gasteiger partial charge in [0.05, 0.1) is 0 Å². The van der Waals surface area contributed by atoms with Crippen molar-refractivity contribution in [3.8, 4) is 0 Å². The van der Waals surface area contributed by atoms with E-state index in [4.69, 9.17) is 11.6 Å². The number of amides is 1. The molecule has 0 saturated heterocycles. The van der Waals surface area contributed by atoms with Crippen LogP contribution in [-0.4, -0.2) is 11.8 Å². The highest BCUT2D eigenvalue weighted by molar-refractivity contribution is 6.18. The van der Waals surface area contributed by atoms with Crippen molar-refractivity contribution in [2.24, 2.45) is 0 Å². The maximum atomic E-state index is 11.0. The SMILES string of the molecule is C=CC(=O)Nc1cccc(CCCl)c1. The molecule has 0 unspecified atom stereocenters. The lowest BCUT2D eigenvalue weighted by Gasteiger charge is -2.04. The molecule has 0 aromatic heterocycles. The van der Waals surface area contributed by atoms with Gasteiger partial charge in [-0.05, 0) is 30.2 Å². The summed E-state index contributed by atoms with van der Waals surface area (Å²) in [7, 11) is 0. The molecule has 2 nitrogen and oxygen atoms in total. The van der Waals surface area contributed by atoms with E-state index in [-0.39, 0.29) is 5.91 Å². The molecule has 0 spiro atoms. The summed E-state index contributed by atoms with van der Waals surface area (Å²) in [6.07, 6.45) is 2.05. The number of alkyl halides is 1. The largest absolute Gasteiger partial charge is 0.323 e. The van der Waals surface area contributed by atoms with Crippen molar-refractivity contribution in [1.29, 1.82) is 0 Å². The quantitative estimate of drug-likeness (QED) is 0.600. The van der Waals surface area contributed by atoms with E-state index in [9.17, 15) is 4.79 Å². The smallest absolute Gasteiger partial charge is 0.247 e. The van der Waals surface area contributed by atoms with Crippen LogP contribution in [0.2, 0.25) is 0 Å². The van der Waals surface area contributed by atoms with Crippen LogP contribution in [0.4, 0.5) is 5.69 Å². The number of hydrogen-bond acceptors (Lipinski definition) is 1. The topological polar surface area (TPSA) is 29.1 Å². The van der Waals surface area contributed by atoms with E-state index < -0.39 is 0 Å². The van der Waals surface area contributed by atoms with Gasteiger partial charge in [-0.15, -0.1) is 11.6 Å². The second-order valence-electron chi connectivity index (χ2n) is 2.83. The molecule has 3 heteroatoms. The van der Waals surface area contributed by atoms with E-state index in [0.29, 0.717) is 5.88 Å². The van der Waals surface area contributed by atoms with Crippen molar-refractivity contribution in [1.82, 2.24) is 0 Å². The van der Waals surface area contributed by atoms with Crippen molar-refractivity contribution in [2.75, 3.05) is 11.2 Å². The first-order chi connectivity index (χ1) is 6.76. The number of benzene rings is 1. The number of aryl methyl sites for hydroxylation is 1. The summed E-state index contributed by atoms with van der Waals surface area (Å²) < 4.78 is 0. The van der Waals surface area contributed by atoms with E-state index in [1.54, 1.807) is 0 Å². The summed E-state index contributed by atoms with van der Waals surface area (Å²) >= 11 is 5.62. The number of carbonyl (C=O) groups excluding carboxylic acids is 1. The van der Waals surface area contributed by atoms with Crippen LogP contribution in [0.1, 0.15) is 5.56 Å². The number of nitrogens with one attached hydrogen (secondary N) is 1. The first-order valence-corrected chi connectivity index (χ1v) is 4.88. The Balaban J connectivity index is 2.72. The zero-order chi connectivity index (χ0) is 10.4. The zero-order valence-electron chi connectivity index (χ0n) is 7.79. The Labute approximate surface area is 88.6 Å². The van der Waals surface area contributed by atoms with Crippen LogP contribution in [0.3, 0.4) is 0 Å². The Morgan fingerprint density at radius 1 is 1.57 bits per heavy atom. The monoisotopic (exact) mass is 209 g/mol. The highest BCUT2D eigenvalue weighted by atomic mass is 35.5. The third-order valence-electron chi connectivity index (χ3n) is 1.76. The Bertz CT molecular complexity index is 336. The fourth-order valence-corrected chi connectivity index (χ4v) is 1.33. The molecule has 0 fully saturated rings. The first-order valence-electron chi connectivity index (χ1n) is 4.34. The van der Waals surface area contributed by atoms with Crippen molar-refractivity contribution >= 4 is 23.2 Å². The lowest BCUT2D eigenvalue weighted by atomic mass is 10.1. The molecule has 0 radical (unpaired) electrons. The molecule has 1 aromatic rings. The molecule has 74 valence electrons. The number of rotatable bonds is 4. The minimum atomic E-state index is -0.201. The molecule has 0 bridgehead atoms. The molecule has 0 aliphatic rings. The molecular formula is C11H12ClNO. The van der Waals surface area contributed by atoms with Gasteiger partial charge in [0.1, 0.15) is 0 Å². The van der Waals surface area contributed by atoms with Gasteiger partial charge in [-0.2, -0.15) is 0 Å². The maximum Gasteiger partial charge on any atom is 0.247 e. The Kier molecular flexibility index (Phi) is 4.20. The normalized spacial score (nSPS) is 9.50. The van der Waals surface area contributed by atoms with Crippen LogP contribution < -0.4 is 5.32 Å². The van der Waals surface area contributed by atoms with E-state index in [2.05, 4.69) is 11.9 Å². The van der Waals surface area contributed by atoms with Crippen LogP contribution in [0.5, 0.6) is 0 Å². The predicted octanol–water partition coefficient (Wildman–Crippen LogP) is 2.59. The maximum absolute atomic E-state index is 11.0. The van der Waals surface area contributed by atoms with Crippen molar-refractivity contribution in [3.05, 3.63) is 42.5 Å². The third kappa shape index (κ3) is 3.23. The summed E-state index contributed by atoms with van der Waals surface area (Å²) in [4.78, 5) is 11.0. The van der Waals surface area contributed by atoms with E-state index in [0.717, 1.165) is 17.7 Å². The Morgan fingerprint density at radius 3 is 3.00 bits per heavy atom. The fraction of sp³-hybridized carbons (Fsp3) is 0.182. The van der Waals surface area contributed by atoms with Crippen LogP contribution in [0.25, 0.3) is 0 Å². The van der Waals surface area contributed by atoms with E-state index in [1.807, 2.05) is 24.3 Å². The first kappa shape index (κ1) is 10.8. The van der Waals surface area contributed by atoms with Crippen LogP contribution >= 0.6 is 11.6 Å². The second-order valence-corrected chi connectivity index (χ2v) is 3.21. The number of carbonyl (C=O) groups is 1. The standard InChI is InChI=1S/C11H12ClNO/c1-2-11(14)13-10-5-3-4-9(8-10)6-7-12/h2-5,8H,1,6-7H2,(H,13,14). The average molecular weight is 210 g/mol. The van der Waals surface area contributed by atoms with Gasteiger partial charge in [0.15, 0.2) is 0 Å². The molecule has 0 aliphatic carbocycles. The summed E-state index contributed by atoms with van der Waals surface area (Å²) in [6, 6.07) is 7.61. The molecule has 1 N–H and O–H groups in total. The molecular weight excluding hydrogens is 198 g/mol. The van der Waals surface area contributed by atoms with Gasteiger partial charge in [-0.3, -0.25) is 4.79 Å². The van der Waals surface area contributed by atoms with Crippen LogP contribution in [-0.2, 0) is 11.2 Å². The van der Waals surface area contributed by atoms with Gasteiger partial charge in [-0.1, -0.05) is 18.7 Å². The summed E-state index contributed by atoms with van der Waals surface area (Å²) in [5, 5.41) is 2.69. The van der Waals surface area contributed by atoms with Gasteiger partial charge in [0.25, 0.3) is 0 Å². The molecule has 0 heterocycles. The lowest BCUT2D eigenvalue weighted by Crippen LogP contribution is -2.07. The van der Waals surface area contributed by atoms with Crippen molar-refractivity contribution in [3.63, 3.8) is 0 Å². The minimum Gasteiger partial charge on any atom is -0.323 e. The molecule has 1 rings (SSSR count). The fourth-order valence-electron chi connectivity index (χ4n) is 1.11. The van der Waals surface area contributed by atoms with Crippen molar-refractivity contribution < 1.29 is 4.79 Å². The lowest BCUT2D eigenvalue weighted by molar-refractivity contribution is -0.111. The summed E-state index contributed by atoms with van der Waals surface area (Å²) in [6.45, 7) is 3.38. The molecule has 1 amide bonds. The van der Waals surface area contributed by atoms with Gasteiger partial charge >= 0.3 is 0 Å². The predicted molar refractivity (Wildman–Crippen MR) is 59.7 cm³/mol. The molecule has 0 saturated carbocycles. The summed E-state index contributed by atoms with van der Waals surface area (Å²) in [5.41, 5.74) is 1.89. The van der Waals surface area contributed by atoms with Gasteiger partial charge in [0.2, 0.25) is 5.91 Å². The van der Waals surface area contributed by atoms with Crippen LogP contribution in [0, 0.1) is 0 Å². The number of anilines is 1. The number of hydrogen-bond donors (Lipinski definition) is 1. The second kappa shape index (κ2) is 5.45. The van der Waals surface area contributed by atoms with Gasteiger partial charge in [-0.25, -0.2) is 0 Å². The molecule has 0 atom stereocenters. The minimum absolute atomic E-state index is 0.201. The highest BCUT2D eigenvalue weighted by Crippen LogP contribution is 2.11. The Morgan fingerprint density at radius 2 is 2.36 bits per heavy atom. The van der Waals surface area contributed by atoms with Crippen LogP contribution in [0.15, 0.2) is 36.9 Å². The Hall–Kier alpha value is -1.28. The zero-order valence-corrected chi connectivity index (χ0v) is 8.55. The summed E-state index contributed by atoms with van der Waals surface area (Å²) in [5.74, 6) is 0.381. The molecule has 0 aliphatic heterocycles. The highest BCUT2D eigenvalue weighted by Gasteiger charge is 1.97. The third-order valence-corrected chi connectivity index (χ3v) is 1.95. The van der Waals surface area contributed by atoms with Crippen molar-refractivity contribution in [2.45, 2.75) is 6.42 Å². The van der Waals surface area contributed by atoms with Gasteiger partial charge in [0, 0.05) is 11.6 Å². The number of halogens is 1. The van der Waals surface area contributed by atoms with Gasteiger partial charge < -0.3 is 5.32 Å².